The summed E-state index contributed by atoms with van der Waals surface area (Å²) in [5, 5.41) is 0.580. The number of ether oxygens (including phenoxy) is 1. The number of thiophene rings is 1. The molecule has 0 radical (unpaired) electrons. The lowest BCUT2D eigenvalue weighted by atomic mass is 9.99. The molecular weight excluding hydrogens is 284 g/mol. The van der Waals surface area contributed by atoms with Crippen LogP contribution in [0.25, 0.3) is 11.1 Å². The van der Waals surface area contributed by atoms with Crippen molar-refractivity contribution in [2.45, 2.75) is 13.3 Å². The lowest BCUT2D eigenvalue weighted by Gasteiger charge is -2.13. The molecule has 2 rings (SSSR count). The van der Waals surface area contributed by atoms with Gasteiger partial charge in [0.05, 0.1) is 17.7 Å². The predicted octanol–water partition coefficient (Wildman–Crippen LogP) is 3.27. The Kier molecular flexibility index (Phi) is 4.53. The van der Waals surface area contributed by atoms with Gasteiger partial charge in [-0.2, -0.15) is 0 Å². The highest BCUT2D eigenvalue weighted by Gasteiger charge is 2.23. The molecular formula is C16H20N2O2S. The van der Waals surface area contributed by atoms with Crippen LogP contribution in [0.5, 0.6) is 5.75 Å². The van der Waals surface area contributed by atoms with Crippen molar-refractivity contribution in [2.75, 3.05) is 26.9 Å². The highest BCUT2D eigenvalue weighted by atomic mass is 32.1. The molecule has 2 aromatic rings. The zero-order chi connectivity index (χ0) is 15.6. The SMILES string of the molecule is CCc1sc(N)c(C(=O)N(C)C)c1-c1ccc(OC)cc1. The second-order valence-electron chi connectivity index (χ2n) is 4.92. The number of carbonyl (C=O) groups is 1. The summed E-state index contributed by atoms with van der Waals surface area (Å²) in [6, 6.07) is 7.72. The maximum Gasteiger partial charge on any atom is 0.256 e. The third kappa shape index (κ3) is 2.88. The number of aryl methyl sites for hydroxylation is 1. The summed E-state index contributed by atoms with van der Waals surface area (Å²) in [5.41, 5.74) is 8.64. The number of amides is 1. The van der Waals surface area contributed by atoms with Crippen LogP contribution in [0.4, 0.5) is 5.00 Å². The number of nitrogen functional groups attached to an aromatic ring is 1. The molecule has 1 amide bonds. The number of nitrogens with zero attached hydrogens (tertiary/aromatic N) is 1. The van der Waals surface area contributed by atoms with Crippen molar-refractivity contribution in [2.24, 2.45) is 0 Å². The first-order valence-electron chi connectivity index (χ1n) is 6.76. The minimum atomic E-state index is -0.0609. The van der Waals surface area contributed by atoms with E-state index < -0.39 is 0 Å². The van der Waals surface area contributed by atoms with E-state index >= 15 is 0 Å². The molecule has 21 heavy (non-hydrogen) atoms. The third-order valence-corrected chi connectivity index (χ3v) is 4.49. The molecule has 112 valence electrons. The van der Waals surface area contributed by atoms with Crippen molar-refractivity contribution in [3.63, 3.8) is 0 Å². The normalized spacial score (nSPS) is 10.5. The topological polar surface area (TPSA) is 55.6 Å². The molecule has 0 unspecified atom stereocenters. The number of nitrogens with two attached hydrogens (primary N) is 1. The van der Waals surface area contributed by atoms with Crippen LogP contribution in [-0.4, -0.2) is 32.0 Å². The van der Waals surface area contributed by atoms with Gasteiger partial charge in [-0.1, -0.05) is 19.1 Å². The van der Waals surface area contributed by atoms with Gasteiger partial charge < -0.3 is 15.4 Å². The third-order valence-electron chi connectivity index (χ3n) is 3.33. The van der Waals surface area contributed by atoms with Gasteiger partial charge >= 0.3 is 0 Å². The van der Waals surface area contributed by atoms with E-state index in [4.69, 9.17) is 10.5 Å². The number of methoxy groups -OCH3 is 1. The van der Waals surface area contributed by atoms with E-state index in [1.54, 1.807) is 26.1 Å². The zero-order valence-corrected chi connectivity index (χ0v) is 13.6. The van der Waals surface area contributed by atoms with Crippen LogP contribution < -0.4 is 10.5 Å². The van der Waals surface area contributed by atoms with Gasteiger partial charge in [0, 0.05) is 24.5 Å². The summed E-state index contributed by atoms with van der Waals surface area (Å²) in [5.74, 6) is 0.731. The molecule has 0 saturated heterocycles. The number of hydrogen-bond acceptors (Lipinski definition) is 4. The van der Waals surface area contributed by atoms with Crippen molar-refractivity contribution >= 4 is 22.2 Å². The molecule has 0 saturated carbocycles. The van der Waals surface area contributed by atoms with Gasteiger partial charge in [0.15, 0.2) is 0 Å². The monoisotopic (exact) mass is 304 g/mol. The van der Waals surface area contributed by atoms with Crippen LogP contribution in [0, 0.1) is 0 Å². The van der Waals surface area contributed by atoms with Crippen LogP contribution >= 0.6 is 11.3 Å². The standard InChI is InChI=1S/C16H20N2O2S/c1-5-12-13(10-6-8-11(20-4)9-7-10)14(15(17)21-12)16(19)18(2)3/h6-9H,5,17H2,1-4H3. The van der Waals surface area contributed by atoms with Crippen LogP contribution in [0.15, 0.2) is 24.3 Å². The van der Waals surface area contributed by atoms with Crippen LogP contribution in [0.1, 0.15) is 22.2 Å². The molecule has 2 N–H and O–H groups in total. The first-order valence-corrected chi connectivity index (χ1v) is 7.58. The molecule has 1 aromatic heterocycles. The first kappa shape index (κ1) is 15.4. The summed E-state index contributed by atoms with van der Waals surface area (Å²) in [7, 11) is 5.11. The van der Waals surface area contributed by atoms with Crippen molar-refractivity contribution in [1.82, 2.24) is 4.90 Å². The fourth-order valence-corrected chi connectivity index (χ4v) is 3.27. The van der Waals surface area contributed by atoms with Gasteiger partial charge in [0.2, 0.25) is 0 Å². The van der Waals surface area contributed by atoms with Gasteiger partial charge in [-0.15, -0.1) is 11.3 Å². The number of rotatable bonds is 4. The van der Waals surface area contributed by atoms with E-state index in [9.17, 15) is 4.79 Å². The van der Waals surface area contributed by atoms with Gasteiger partial charge in [-0.3, -0.25) is 4.79 Å². The summed E-state index contributed by atoms with van der Waals surface area (Å²) in [4.78, 5) is 15.1. The minimum Gasteiger partial charge on any atom is -0.497 e. The molecule has 0 atom stereocenters. The van der Waals surface area contributed by atoms with E-state index in [1.165, 1.54) is 11.3 Å². The molecule has 0 aliphatic carbocycles. The van der Waals surface area contributed by atoms with Gasteiger partial charge in [0.1, 0.15) is 5.75 Å². The fraction of sp³-hybridized carbons (Fsp3) is 0.312. The van der Waals surface area contributed by atoms with Gasteiger partial charge in [-0.25, -0.2) is 0 Å². The Bertz CT molecular complexity index is 645. The molecule has 0 aliphatic heterocycles. The van der Waals surface area contributed by atoms with Crippen LogP contribution in [0.2, 0.25) is 0 Å². The number of anilines is 1. The quantitative estimate of drug-likeness (QED) is 0.943. The maximum atomic E-state index is 12.4. The lowest BCUT2D eigenvalue weighted by molar-refractivity contribution is 0.0829. The minimum absolute atomic E-state index is 0.0609. The average Bonchev–Trinajstić information content (AvgIpc) is 2.83. The molecule has 1 aromatic carbocycles. The highest BCUT2D eigenvalue weighted by Crippen LogP contribution is 2.40. The Labute approximate surface area is 129 Å². The highest BCUT2D eigenvalue weighted by molar-refractivity contribution is 7.17. The van der Waals surface area contributed by atoms with E-state index in [2.05, 4.69) is 6.92 Å². The number of hydrogen-bond donors (Lipinski definition) is 1. The molecule has 0 bridgehead atoms. The zero-order valence-electron chi connectivity index (χ0n) is 12.8. The average molecular weight is 304 g/mol. The fourth-order valence-electron chi connectivity index (χ4n) is 2.25. The summed E-state index contributed by atoms with van der Waals surface area (Å²) in [6.07, 6.45) is 0.844. The predicted molar refractivity (Wildman–Crippen MR) is 88.1 cm³/mol. The summed E-state index contributed by atoms with van der Waals surface area (Å²) < 4.78 is 5.19. The van der Waals surface area contributed by atoms with Crippen molar-refractivity contribution in [3.05, 3.63) is 34.7 Å². The van der Waals surface area contributed by atoms with Crippen molar-refractivity contribution in [3.8, 4) is 16.9 Å². The Morgan fingerprint density at radius 3 is 2.38 bits per heavy atom. The Morgan fingerprint density at radius 2 is 1.90 bits per heavy atom. The van der Waals surface area contributed by atoms with Gasteiger partial charge in [0.25, 0.3) is 5.91 Å². The molecule has 4 nitrogen and oxygen atoms in total. The van der Waals surface area contributed by atoms with Crippen molar-refractivity contribution in [1.29, 1.82) is 0 Å². The first-order chi connectivity index (χ1) is 9.99. The van der Waals surface area contributed by atoms with E-state index in [-0.39, 0.29) is 5.91 Å². The molecule has 0 spiro atoms. The Hall–Kier alpha value is -2.01. The number of carbonyl (C=O) groups excluding carboxylic acids is 1. The largest absolute Gasteiger partial charge is 0.497 e. The number of benzene rings is 1. The van der Waals surface area contributed by atoms with Gasteiger partial charge in [-0.05, 0) is 24.1 Å². The molecule has 1 heterocycles. The smallest absolute Gasteiger partial charge is 0.256 e. The Balaban J connectivity index is 2.61. The summed E-state index contributed by atoms with van der Waals surface area (Å²) >= 11 is 1.49. The van der Waals surface area contributed by atoms with E-state index in [0.717, 1.165) is 28.2 Å². The second-order valence-corrected chi connectivity index (χ2v) is 6.06. The van der Waals surface area contributed by atoms with E-state index in [1.807, 2.05) is 24.3 Å². The van der Waals surface area contributed by atoms with Crippen molar-refractivity contribution < 1.29 is 9.53 Å². The molecule has 0 fully saturated rings. The van der Waals surface area contributed by atoms with Crippen LogP contribution in [-0.2, 0) is 6.42 Å². The lowest BCUT2D eigenvalue weighted by Crippen LogP contribution is -2.22. The molecule has 5 heteroatoms. The summed E-state index contributed by atoms with van der Waals surface area (Å²) in [6.45, 7) is 2.07. The van der Waals surface area contributed by atoms with E-state index in [0.29, 0.717) is 10.6 Å². The Morgan fingerprint density at radius 1 is 1.29 bits per heavy atom. The second kappa shape index (κ2) is 6.18. The molecule has 0 aliphatic rings. The maximum absolute atomic E-state index is 12.4. The van der Waals surface area contributed by atoms with Crippen LogP contribution in [0.3, 0.4) is 0 Å².